The normalized spacial score (nSPS) is 11.0. The number of hydrogen-bond donors (Lipinski definition) is 0. The average Bonchev–Trinajstić information content (AvgIpc) is 3.09. The smallest absolute Gasteiger partial charge is 0.212 e. The monoisotopic (exact) mass is 364 g/mol. The lowest BCUT2D eigenvalue weighted by atomic mass is 10.1. The summed E-state index contributed by atoms with van der Waals surface area (Å²) in [7, 11) is 0. The van der Waals surface area contributed by atoms with Crippen molar-refractivity contribution < 1.29 is 9.18 Å². The third-order valence-electron chi connectivity index (χ3n) is 3.80. The molecule has 0 saturated carbocycles. The van der Waals surface area contributed by atoms with Crippen molar-refractivity contribution in [3.05, 3.63) is 78.1 Å². The molecule has 0 aliphatic heterocycles. The molecule has 0 fully saturated rings. The van der Waals surface area contributed by atoms with Crippen LogP contribution in [0, 0.1) is 5.82 Å². The summed E-state index contributed by atoms with van der Waals surface area (Å²) in [5.74, 6) is -0.0374. The fourth-order valence-corrected chi connectivity index (χ4v) is 3.25. The van der Waals surface area contributed by atoms with E-state index in [4.69, 9.17) is 0 Å². The molecule has 0 saturated heterocycles. The van der Waals surface area contributed by atoms with Crippen LogP contribution in [0.4, 0.5) is 4.39 Å². The molecule has 0 amide bonds. The van der Waals surface area contributed by atoms with Crippen LogP contribution in [0.25, 0.3) is 16.9 Å². The largest absolute Gasteiger partial charge is 0.293 e. The Balaban J connectivity index is 1.58. The highest BCUT2D eigenvalue weighted by Crippen LogP contribution is 2.21. The fraction of sp³-hybridized carbons (Fsp3) is 0.0526. The number of carbonyl (C=O) groups is 1. The maximum absolute atomic E-state index is 13.1. The molecule has 0 bridgehead atoms. The second kappa shape index (κ2) is 7.05. The number of ketones is 1. The summed E-state index contributed by atoms with van der Waals surface area (Å²) in [6.07, 6.45) is 0. The van der Waals surface area contributed by atoms with Gasteiger partial charge in [-0.25, -0.2) is 4.39 Å². The van der Waals surface area contributed by atoms with E-state index in [2.05, 4.69) is 15.3 Å². The van der Waals surface area contributed by atoms with Gasteiger partial charge in [0.2, 0.25) is 5.16 Å². The maximum Gasteiger partial charge on any atom is 0.212 e. The highest BCUT2D eigenvalue weighted by atomic mass is 32.2. The second-order valence-electron chi connectivity index (χ2n) is 5.56. The molecule has 128 valence electrons. The van der Waals surface area contributed by atoms with E-state index in [9.17, 15) is 9.18 Å². The summed E-state index contributed by atoms with van der Waals surface area (Å²) in [4.78, 5) is 12.3. The third-order valence-corrected chi connectivity index (χ3v) is 4.72. The number of thioether (sulfide) groups is 1. The first kappa shape index (κ1) is 16.4. The minimum Gasteiger partial charge on any atom is -0.293 e. The topological polar surface area (TPSA) is 60.2 Å². The van der Waals surface area contributed by atoms with Gasteiger partial charge in [-0.15, -0.1) is 10.2 Å². The van der Waals surface area contributed by atoms with Crippen LogP contribution in [0.2, 0.25) is 0 Å². The van der Waals surface area contributed by atoms with Gasteiger partial charge in [-0.3, -0.25) is 4.79 Å². The van der Waals surface area contributed by atoms with Crippen LogP contribution >= 0.6 is 11.8 Å². The quantitative estimate of drug-likeness (QED) is 0.397. The molecule has 0 atom stereocenters. The highest BCUT2D eigenvalue weighted by Gasteiger charge is 2.12. The molecule has 4 aromatic rings. The van der Waals surface area contributed by atoms with E-state index < -0.39 is 0 Å². The Morgan fingerprint density at radius 1 is 0.962 bits per heavy atom. The molecular weight excluding hydrogens is 351 g/mol. The zero-order valence-electron chi connectivity index (χ0n) is 13.5. The molecule has 0 radical (unpaired) electrons. The fourth-order valence-electron chi connectivity index (χ4n) is 2.47. The highest BCUT2D eigenvalue weighted by molar-refractivity contribution is 7.99. The van der Waals surface area contributed by atoms with Gasteiger partial charge in [-0.05, 0) is 36.4 Å². The van der Waals surface area contributed by atoms with Gasteiger partial charge in [0.05, 0.1) is 11.4 Å². The number of Topliss-reactive ketones (excluding diaryl/α,β-unsaturated/α-hetero) is 1. The van der Waals surface area contributed by atoms with Crippen LogP contribution in [0.15, 0.2) is 71.9 Å². The number of halogens is 1. The van der Waals surface area contributed by atoms with Crippen molar-refractivity contribution in [2.75, 3.05) is 5.75 Å². The predicted octanol–water partition coefficient (Wildman–Crippen LogP) is 3.91. The van der Waals surface area contributed by atoms with E-state index in [-0.39, 0.29) is 17.4 Å². The van der Waals surface area contributed by atoms with Crippen molar-refractivity contribution in [2.45, 2.75) is 5.16 Å². The number of rotatable bonds is 5. The average molecular weight is 364 g/mol. The molecule has 26 heavy (non-hydrogen) atoms. The Bertz CT molecular complexity index is 1060. The maximum atomic E-state index is 13.1. The van der Waals surface area contributed by atoms with E-state index in [1.807, 2.05) is 18.2 Å². The zero-order chi connectivity index (χ0) is 17.9. The summed E-state index contributed by atoms with van der Waals surface area (Å²) in [6.45, 7) is 0. The van der Waals surface area contributed by atoms with Crippen LogP contribution in [-0.2, 0) is 0 Å². The molecule has 4 rings (SSSR count). The van der Waals surface area contributed by atoms with E-state index in [0.29, 0.717) is 22.1 Å². The van der Waals surface area contributed by atoms with Crippen LogP contribution in [0.1, 0.15) is 10.4 Å². The van der Waals surface area contributed by atoms with Gasteiger partial charge in [0.15, 0.2) is 11.4 Å². The molecule has 2 aromatic heterocycles. The lowest BCUT2D eigenvalue weighted by Gasteiger charge is -2.03. The number of aromatic nitrogens is 4. The lowest BCUT2D eigenvalue weighted by Crippen LogP contribution is -2.03. The molecule has 0 unspecified atom stereocenters. The summed E-state index contributed by atoms with van der Waals surface area (Å²) in [6, 6.07) is 18.8. The molecule has 7 heteroatoms. The molecule has 2 aromatic carbocycles. The molecule has 0 aliphatic carbocycles. The number of carbonyl (C=O) groups excluding carboxylic acids is 1. The van der Waals surface area contributed by atoms with Crippen molar-refractivity contribution in [3.8, 4) is 11.3 Å². The van der Waals surface area contributed by atoms with Crippen molar-refractivity contribution >= 4 is 23.2 Å². The predicted molar refractivity (Wildman–Crippen MR) is 97.7 cm³/mol. The van der Waals surface area contributed by atoms with E-state index in [1.54, 1.807) is 40.9 Å². The summed E-state index contributed by atoms with van der Waals surface area (Å²) in [5.41, 5.74) is 2.71. The molecule has 5 nitrogen and oxygen atoms in total. The van der Waals surface area contributed by atoms with Crippen molar-refractivity contribution in [1.82, 2.24) is 19.8 Å². The van der Waals surface area contributed by atoms with Gasteiger partial charge in [-0.2, -0.15) is 9.61 Å². The Hall–Kier alpha value is -3.06. The summed E-state index contributed by atoms with van der Waals surface area (Å²) in [5, 5.41) is 13.2. The Kier molecular flexibility index (Phi) is 4.45. The zero-order valence-corrected chi connectivity index (χ0v) is 14.4. The first-order valence-electron chi connectivity index (χ1n) is 7.90. The van der Waals surface area contributed by atoms with Crippen molar-refractivity contribution in [1.29, 1.82) is 0 Å². The number of benzene rings is 2. The van der Waals surface area contributed by atoms with Gasteiger partial charge in [0, 0.05) is 11.1 Å². The van der Waals surface area contributed by atoms with Gasteiger partial charge in [0.25, 0.3) is 0 Å². The Morgan fingerprint density at radius 2 is 1.73 bits per heavy atom. The van der Waals surface area contributed by atoms with Crippen LogP contribution < -0.4 is 0 Å². The van der Waals surface area contributed by atoms with E-state index >= 15 is 0 Å². The van der Waals surface area contributed by atoms with Crippen LogP contribution in [0.5, 0.6) is 0 Å². The third kappa shape index (κ3) is 3.34. The Labute approximate surface area is 152 Å². The number of nitrogens with zero attached hydrogens (tertiary/aromatic N) is 4. The molecule has 0 aliphatic rings. The minimum absolute atomic E-state index is 0.0158. The molecule has 0 spiro atoms. The van der Waals surface area contributed by atoms with E-state index in [1.165, 1.54) is 23.9 Å². The lowest BCUT2D eigenvalue weighted by molar-refractivity contribution is 0.102. The van der Waals surface area contributed by atoms with Crippen LogP contribution in [-0.4, -0.2) is 31.3 Å². The second-order valence-corrected chi connectivity index (χ2v) is 6.50. The van der Waals surface area contributed by atoms with Gasteiger partial charge in [0.1, 0.15) is 5.82 Å². The molecule has 2 heterocycles. The first-order valence-corrected chi connectivity index (χ1v) is 8.89. The number of hydrogen-bond acceptors (Lipinski definition) is 5. The van der Waals surface area contributed by atoms with E-state index in [0.717, 1.165) is 5.56 Å². The molecule has 0 N–H and O–H groups in total. The van der Waals surface area contributed by atoms with Gasteiger partial charge < -0.3 is 0 Å². The summed E-state index contributed by atoms with van der Waals surface area (Å²) < 4.78 is 14.7. The standard InChI is InChI=1S/C19H13FN4OS/c20-15-8-6-13(7-9-15)16-10-11-18-21-22-19(24(18)23-16)26-12-17(25)14-4-2-1-3-5-14/h1-11H,12H2. The van der Waals surface area contributed by atoms with Crippen molar-refractivity contribution in [2.24, 2.45) is 0 Å². The molecular formula is C19H13FN4OS. The minimum atomic E-state index is -0.296. The van der Waals surface area contributed by atoms with Gasteiger partial charge >= 0.3 is 0 Å². The Morgan fingerprint density at radius 3 is 2.50 bits per heavy atom. The van der Waals surface area contributed by atoms with Crippen LogP contribution in [0.3, 0.4) is 0 Å². The number of fused-ring (bicyclic) bond motifs is 1. The first-order chi connectivity index (χ1) is 12.7. The SMILES string of the molecule is O=C(CSc1nnc2ccc(-c3ccc(F)cc3)nn12)c1ccccc1. The van der Waals surface area contributed by atoms with Crippen molar-refractivity contribution in [3.63, 3.8) is 0 Å². The summed E-state index contributed by atoms with van der Waals surface area (Å²) >= 11 is 1.28. The van der Waals surface area contributed by atoms with Gasteiger partial charge in [-0.1, -0.05) is 42.1 Å².